The van der Waals surface area contributed by atoms with Crippen molar-refractivity contribution >= 4 is 22.9 Å². The second-order valence-corrected chi connectivity index (χ2v) is 8.70. The summed E-state index contributed by atoms with van der Waals surface area (Å²) in [5.41, 5.74) is 0.582. The lowest BCUT2D eigenvalue weighted by atomic mass is 10.1. The molecule has 1 unspecified atom stereocenters. The molecule has 1 amide bonds. The van der Waals surface area contributed by atoms with E-state index in [1.807, 2.05) is 0 Å². The summed E-state index contributed by atoms with van der Waals surface area (Å²) in [6.45, 7) is 5.28. The first-order valence-corrected chi connectivity index (χ1v) is 10.4. The number of benzene rings is 1. The van der Waals surface area contributed by atoms with E-state index in [0.29, 0.717) is 5.69 Å². The Morgan fingerprint density at radius 2 is 1.93 bits per heavy atom. The maximum Gasteiger partial charge on any atom is 0.408 e. The molecule has 1 aromatic carbocycles. The van der Waals surface area contributed by atoms with Gasteiger partial charge in [-0.15, -0.1) is 0 Å². The number of nitrogens with one attached hydrogen (secondary N) is 1. The molecule has 0 aliphatic rings. The lowest BCUT2D eigenvalue weighted by Gasteiger charge is -2.22. The number of hydrogen-bond donors (Lipinski definition) is 2. The van der Waals surface area contributed by atoms with Gasteiger partial charge in [-0.1, -0.05) is 12.1 Å². The van der Waals surface area contributed by atoms with Crippen molar-refractivity contribution in [2.24, 2.45) is 0 Å². The number of carboxylic acid groups (broad SMARTS) is 1. The zero-order chi connectivity index (χ0) is 21.6. The van der Waals surface area contributed by atoms with Crippen molar-refractivity contribution < 1.29 is 28.5 Å². The SMILES string of the molecule is CS(=O)c1ccc(COn2cncc2C[C@H](NC(=O)OC(C)(C)C)C(=O)O)cc1. The average Bonchev–Trinajstić information content (AvgIpc) is 3.05. The van der Waals surface area contributed by atoms with Crippen LogP contribution in [0, 0.1) is 0 Å². The van der Waals surface area contributed by atoms with E-state index in [9.17, 15) is 18.9 Å². The number of ether oxygens (including phenoxy) is 1. The first-order valence-electron chi connectivity index (χ1n) is 8.84. The normalized spacial score (nSPS) is 13.4. The van der Waals surface area contributed by atoms with Gasteiger partial charge in [0, 0.05) is 28.4 Å². The summed E-state index contributed by atoms with van der Waals surface area (Å²) < 4.78 is 17.9. The lowest BCUT2D eigenvalue weighted by molar-refractivity contribution is -0.139. The zero-order valence-electron chi connectivity index (χ0n) is 16.7. The number of nitrogens with zero attached hydrogens (tertiary/aromatic N) is 2. The third kappa shape index (κ3) is 7.22. The van der Waals surface area contributed by atoms with Crippen LogP contribution in [-0.2, 0) is 33.4 Å². The molecule has 1 aromatic heterocycles. The lowest BCUT2D eigenvalue weighted by Crippen LogP contribution is -2.45. The predicted octanol–water partition coefficient (Wildman–Crippen LogP) is 1.77. The molecule has 2 atom stereocenters. The fourth-order valence-electron chi connectivity index (χ4n) is 2.35. The maximum absolute atomic E-state index is 11.9. The molecule has 0 radical (unpaired) electrons. The van der Waals surface area contributed by atoms with Crippen LogP contribution in [-0.4, -0.2) is 49.0 Å². The summed E-state index contributed by atoms with van der Waals surface area (Å²) in [7, 11) is -1.05. The summed E-state index contributed by atoms with van der Waals surface area (Å²) in [5, 5.41) is 11.8. The molecular weight excluding hydrogens is 398 g/mol. The minimum atomic E-state index is -1.21. The van der Waals surface area contributed by atoms with E-state index in [0.717, 1.165) is 10.5 Å². The number of rotatable bonds is 8. The first-order chi connectivity index (χ1) is 13.5. The van der Waals surface area contributed by atoms with Gasteiger partial charge in [-0.3, -0.25) is 4.21 Å². The van der Waals surface area contributed by atoms with Gasteiger partial charge in [-0.2, -0.15) is 4.73 Å². The molecule has 0 bridgehead atoms. The number of alkyl carbamates (subject to hydrolysis) is 1. The van der Waals surface area contributed by atoms with Crippen LogP contribution in [0.3, 0.4) is 0 Å². The molecule has 10 heteroatoms. The molecule has 158 valence electrons. The molecule has 0 saturated carbocycles. The van der Waals surface area contributed by atoms with E-state index in [1.54, 1.807) is 51.3 Å². The third-order valence-corrected chi connectivity index (χ3v) is 4.64. The largest absolute Gasteiger partial charge is 0.480 e. The molecule has 0 aliphatic heterocycles. The number of aliphatic carboxylic acids is 1. The quantitative estimate of drug-likeness (QED) is 0.664. The summed E-state index contributed by atoms with van der Waals surface area (Å²) in [5.74, 6) is -1.20. The van der Waals surface area contributed by atoms with Crippen LogP contribution in [0.15, 0.2) is 41.7 Å². The van der Waals surface area contributed by atoms with Crippen molar-refractivity contribution in [2.45, 2.75) is 50.3 Å². The van der Waals surface area contributed by atoms with Gasteiger partial charge in [0.15, 0.2) is 0 Å². The molecule has 0 aliphatic carbocycles. The minimum Gasteiger partial charge on any atom is -0.480 e. The Bertz CT molecular complexity index is 873. The first kappa shape index (κ1) is 22.4. The van der Waals surface area contributed by atoms with Crippen LogP contribution in [0.1, 0.15) is 32.0 Å². The van der Waals surface area contributed by atoms with Crippen molar-refractivity contribution in [3.05, 3.63) is 48.0 Å². The number of carbonyl (C=O) groups excluding carboxylic acids is 1. The smallest absolute Gasteiger partial charge is 0.408 e. The Morgan fingerprint density at radius 3 is 2.48 bits per heavy atom. The number of imidazole rings is 1. The number of carboxylic acids is 1. The second kappa shape index (κ2) is 9.55. The molecule has 9 nitrogen and oxygen atoms in total. The van der Waals surface area contributed by atoms with Gasteiger partial charge in [0.05, 0.1) is 11.9 Å². The number of carbonyl (C=O) groups is 2. The standard InChI is InChI=1S/C19H25N3O6S/c1-19(2,3)28-18(25)21-16(17(23)24)9-14-10-20-12-22(14)27-11-13-5-7-15(8-6-13)29(4)26/h5-8,10,12,16H,9,11H2,1-4H3,(H,21,25)(H,23,24)/t16-,29?/m0/s1. The Hall–Kier alpha value is -2.88. The van der Waals surface area contributed by atoms with Crippen molar-refractivity contribution in [1.29, 1.82) is 0 Å². The van der Waals surface area contributed by atoms with Crippen LogP contribution in [0.5, 0.6) is 0 Å². The molecular formula is C19H25N3O6S. The third-order valence-electron chi connectivity index (χ3n) is 3.71. The highest BCUT2D eigenvalue weighted by atomic mass is 32.2. The molecule has 29 heavy (non-hydrogen) atoms. The number of aromatic nitrogens is 2. The van der Waals surface area contributed by atoms with Crippen LogP contribution in [0.2, 0.25) is 0 Å². The zero-order valence-corrected chi connectivity index (χ0v) is 17.6. The van der Waals surface area contributed by atoms with Crippen LogP contribution >= 0.6 is 0 Å². The fourth-order valence-corrected chi connectivity index (χ4v) is 2.87. The van der Waals surface area contributed by atoms with Gasteiger partial charge in [-0.25, -0.2) is 14.6 Å². The Balaban J connectivity index is 2.00. The summed E-state index contributed by atoms with van der Waals surface area (Å²) in [4.78, 5) is 33.8. The summed E-state index contributed by atoms with van der Waals surface area (Å²) in [6, 6.07) is 5.92. The number of hydrogen-bond acceptors (Lipinski definition) is 6. The highest BCUT2D eigenvalue weighted by Gasteiger charge is 2.25. The molecule has 0 spiro atoms. The van der Waals surface area contributed by atoms with Crippen LogP contribution in [0.25, 0.3) is 0 Å². The van der Waals surface area contributed by atoms with Crippen molar-refractivity contribution in [2.75, 3.05) is 6.26 Å². The second-order valence-electron chi connectivity index (χ2n) is 7.32. The Kier molecular flexibility index (Phi) is 7.38. The Labute approximate surface area is 171 Å². The van der Waals surface area contributed by atoms with E-state index in [-0.39, 0.29) is 13.0 Å². The molecule has 0 fully saturated rings. The van der Waals surface area contributed by atoms with Gasteiger partial charge in [0.1, 0.15) is 24.6 Å². The van der Waals surface area contributed by atoms with E-state index < -0.39 is 34.5 Å². The molecule has 2 N–H and O–H groups in total. The highest BCUT2D eigenvalue weighted by molar-refractivity contribution is 7.84. The molecule has 0 saturated heterocycles. The topological polar surface area (TPSA) is 120 Å². The predicted molar refractivity (Wildman–Crippen MR) is 106 cm³/mol. The van der Waals surface area contributed by atoms with E-state index in [4.69, 9.17) is 9.57 Å². The monoisotopic (exact) mass is 423 g/mol. The van der Waals surface area contributed by atoms with Gasteiger partial charge < -0.3 is 20.0 Å². The summed E-state index contributed by atoms with van der Waals surface area (Å²) >= 11 is 0. The average molecular weight is 423 g/mol. The van der Waals surface area contributed by atoms with Crippen LogP contribution < -0.4 is 10.2 Å². The van der Waals surface area contributed by atoms with Crippen molar-refractivity contribution in [3.8, 4) is 0 Å². The van der Waals surface area contributed by atoms with Gasteiger partial charge >= 0.3 is 12.1 Å². The Morgan fingerprint density at radius 1 is 1.28 bits per heavy atom. The van der Waals surface area contributed by atoms with E-state index in [1.165, 1.54) is 17.3 Å². The van der Waals surface area contributed by atoms with Crippen LogP contribution in [0.4, 0.5) is 4.79 Å². The van der Waals surface area contributed by atoms with Gasteiger partial charge in [0.2, 0.25) is 0 Å². The summed E-state index contributed by atoms with van der Waals surface area (Å²) in [6.07, 6.45) is 3.63. The maximum atomic E-state index is 11.9. The van der Waals surface area contributed by atoms with E-state index >= 15 is 0 Å². The van der Waals surface area contributed by atoms with Gasteiger partial charge in [0.25, 0.3) is 0 Å². The molecule has 2 aromatic rings. The number of amides is 1. The van der Waals surface area contributed by atoms with Gasteiger partial charge in [-0.05, 0) is 38.5 Å². The van der Waals surface area contributed by atoms with Crippen molar-refractivity contribution in [3.63, 3.8) is 0 Å². The fraction of sp³-hybridized carbons (Fsp3) is 0.421. The van der Waals surface area contributed by atoms with E-state index in [2.05, 4.69) is 10.3 Å². The molecule has 2 rings (SSSR count). The minimum absolute atomic E-state index is 0.0394. The highest BCUT2D eigenvalue weighted by Crippen LogP contribution is 2.10. The van der Waals surface area contributed by atoms with Crippen molar-refractivity contribution in [1.82, 2.24) is 15.0 Å². The molecule has 1 heterocycles.